The molecule has 1 N–H and O–H groups in total. The lowest BCUT2D eigenvalue weighted by Crippen LogP contribution is -2.49. The van der Waals surface area contributed by atoms with Gasteiger partial charge in [-0.25, -0.2) is 0 Å². The van der Waals surface area contributed by atoms with E-state index in [0.717, 1.165) is 12.3 Å². The van der Waals surface area contributed by atoms with Crippen molar-refractivity contribution in [3.63, 3.8) is 0 Å². The minimum absolute atomic E-state index is 0.377. The van der Waals surface area contributed by atoms with E-state index in [4.69, 9.17) is 0 Å². The average molecular weight is 314 g/mol. The third-order valence-electron chi connectivity index (χ3n) is 6.36. The Kier molecular flexibility index (Phi) is 6.31. The van der Waals surface area contributed by atoms with E-state index < -0.39 is 10.8 Å². The quantitative estimate of drug-likeness (QED) is 0.821. The van der Waals surface area contributed by atoms with Gasteiger partial charge in [0.05, 0.1) is 5.25 Å². The lowest BCUT2D eigenvalue weighted by Gasteiger charge is -2.43. The molecule has 4 atom stereocenters. The summed E-state index contributed by atoms with van der Waals surface area (Å²) in [6.45, 7) is 7.10. The molecular weight excluding hydrogens is 278 g/mol. The molecule has 0 amide bonds. The van der Waals surface area contributed by atoms with Crippen LogP contribution in [0.3, 0.4) is 0 Å². The summed E-state index contributed by atoms with van der Waals surface area (Å²) in [6, 6.07) is 0.469. The van der Waals surface area contributed by atoms with Crippen molar-refractivity contribution in [2.75, 3.05) is 7.05 Å². The van der Waals surface area contributed by atoms with Gasteiger partial charge in [0.1, 0.15) is 0 Å². The first-order chi connectivity index (χ1) is 9.99. The molecule has 2 rings (SSSR count). The second-order valence-electron chi connectivity index (χ2n) is 7.87. The first-order valence-electron chi connectivity index (χ1n) is 9.06. The zero-order chi connectivity index (χ0) is 15.5. The second-order valence-corrected chi connectivity index (χ2v) is 9.80. The van der Waals surface area contributed by atoms with E-state index >= 15 is 0 Å². The molecule has 0 aromatic heterocycles. The zero-order valence-electron chi connectivity index (χ0n) is 14.5. The molecule has 21 heavy (non-hydrogen) atoms. The van der Waals surface area contributed by atoms with E-state index in [1.807, 2.05) is 0 Å². The van der Waals surface area contributed by atoms with Crippen molar-refractivity contribution in [2.45, 2.75) is 95.1 Å². The molecule has 0 aromatic carbocycles. The highest BCUT2D eigenvalue weighted by Crippen LogP contribution is 2.42. The van der Waals surface area contributed by atoms with Crippen molar-refractivity contribution in [1.29, 1.82) is 0 Å². The standard InChI is InChI=1S/C18H35NOS/c1-5-18(2,3)14-11-12-16(19-4)17(13-14)21(20)15-9-7-6-8-10-15/h14-17,19H,5-13H2,1-4H3. The lowest BCUT2D eigenvalue weighted by molar-refractivity contribution is 0.141. The fourth-order valence-corrected chi connectivity index (χ4v) is 6.57. The van der Waals surface area contributed by atoms with Crippen molar-refractivity contribution >= 4 is 10.8 Å². The number of hydrogen-bond donors (Lipinski definition) is 1. The molecule has 0 bridgehead atoms. The van der Waals surface area contributed by atoms with Gasteiger partial charge >= 0.3 is 0 Å². The van der Waals surface area contributed by atoms with Gasteiger partial charge in [0.25, 0.3) is 0 Å². The predicted molar refractivity (Wildman–Crippen MR) is 93.1 cm³/mol. The third kappa shape index (κ3) is 4.10. The molecule has 0 aliphatic heterocycles. The smallest absolute Gasteiger partial charge is 0.0506 e. The zero-order valence-corrected chi connectivity index (χ0v) is 15.3. The Morgan fingerprint density at radius 3 is 2.33 bits per heavy atom. The van der Waals surface area contributed by atoms with Crippen molar-refractivity contribution in [3.8, 4) is 0 Å². The normalized spacial score (nSPS) is 33.8. The maximum atomic E-state index is 13.2. The fraction of sp³-hybridized carbons (Fsp3) is 1.00. The van der Waals surface area contributed by atoms with Gasteiger partial charge in [-0.3, -0.25) is 4.21 Å². The Labute approximate surface area is 134 Å². The third-order valence-corrected chi connectivity index (χ3v) is 8.60. The maximum Gasteiger partial charge on any atom is 0.0506 e. The molecule has 3 heteroatoms. The summed E-state index contributed by atoms with van der Waals surface area (Å²) in [7, 11) is 1.41. The highest BCUT2D eigenvalue weighted by atomic mass is 32.2. The van der Waals surface area contributed by atoms with Crippen molar-refractivity contribution in [1.82, 2.24) is 5.32 Å². The molecule has 0 radical (unpaired) electrons. The summed E-state index contributed by atoms with van der Waals surface area (Å²) < 4.78 is 13.2. The Morgan fingerprint density at radius 1 is 1.10 bits per heavy atom. The average Bonchev–Trinajstić information content (AvgIpc) is 2.54. The molecule has 2 saturated carbocycles. The van der Waals surface area contributed by atoms with Crippen LogP contribution >= 0.6 is 0 Å². The molecule has 0 spiro atoms. The largest absolute Gasteiger partial charge is 0.316 e. The Bertz CT molecular complexity index is 349. The van der Waals surface area contributed by atoms with Crippen LogP contribution in [0.25, 0.3) is 0 Å². The van der Waals surface area contributed by atoms with Crippen LogP contribution in [0.1, 0.15) is 78.6 Å². The first kappa shape index (κ1) is 17.5. The van der Waals surface area contributed by atoms with Gasteiger partial charge in [-0.15, -0.1) is 0 Å². The molecule has 0 heterocycles. The molecule has 124 valence electrons. The van der Waals surface area contributed by atoms with Gasteiger partial charge in [-0.2, -0.15) is 0 Å². The van der Waals surface area contributed by atoms with Crippen LogP contribution in [0.4, 0.5) is 0 Å². The SMILES string of the molecule is CCC(C)(C)C1CCC(NC)C(S(=O)C2CCCCC2)C1. The highest BCUT2D eigenvalue weighted by Gasteiger charge is 2.40. The van der Waals surface area contributed by atoms with Crippen LogP contribution < -0.4 is 5.32 Å². The Balaban J connectivity index is 2.07. The van der Waals surface area contributed by atoms with Crippen LogP contribution in [0.5, 0.6) is 0 Å². The number of nitrogens with one attached hydrogen (secondary N) is 1. The summed E-state index contributed by atoms with van der Waals surface area (Å²) in [5, 5.41) is 4.32. The van der Waals surface area contributed by atoms with Crippen LogP contribution in [0.2, 0.25) is 0 Å². The van der Waals surface area contributed by atoms with E-state index in [2.05, 4.69) is 33.1 Å². The van der Waals surface area contributed by atoms with Gasteiger partial charge in [0.15, 0.2) is 0 Å². The number of rotatable bonds is 5. The maximum absolute atomic E-state index is 13.2. The summed E-state index contributed by atoms with van der Waals surface area (Å²) >= 11 is 0. The van der Waals surface area contributed by atoms with Gasteiger partial charge < -0.3 is 5.32 Å². The fourth-order valence-electron chi connectivity index (χ4n) is 4.26. The highest BCUT2D eigenvalue weighted by molar-refractivity contribution is 7.86. The molecular formula is C18H35NOS. The van der Waals surface area contributed by atoms with Crippen molar-refractivity contribution in [3.05, 3.63) is 0 Å². The van der Waals surface area contributed by atoms with Crippen LogP contribution in [-0.2, 0) is 10.8 Å². The minimum Gasteiger partial charge on any atom is -0.316 e. The Hall–Kier alpha value is 0.110. The Morgan fingerprint density at radius 2 is 1.76 bits per heavy atom. The van der Waals surface area contributed by atoms with Gasteiger partial charge in [0.2, 0.25) is 0 Å². The topological polar surface area (TPSA) is 29.1 Å². The van der Waals surface area contributed by atoms with Crippen LogP contribution in [-0.4, -0.2) is 27.8 Å². The molecule has 0 saturated heterocycles. The van der Waals surface area contributed by atoms with Gasteiger partial charge in [0, 0.05) is 22.1 Å². The molecule has 2 fully saturated rings. The van der Waals surface area contributed by atoms with Crippen molar-refractivity contribution in [2.24, 2.45) is 11.3 Å². The van der Waals surface area contributed by atoms with Crippen molar-refractivity contribution < 1.29 is 4.21 Å². The molecule has 2 aliphatic rings. The number of hydrogen-bond acceptors (Lipinski definition) is 2. The summed E-state index contributed by atoms with van der Waals surface area (Å²) in [5.74, 6) is 0.740. The summed E-state index contributed by atoms with van der Waals surface area (Å²) in [5.41, 5.74) is 0.397. The monoisotopic (exact) mass is 313 g/mol. The van der Waals surface area contributed by atoms with Gasteiger partial charge in [-0.05, 0) is 50.5 Å². The van der Waals surface area contributed by atoms with Crippen LogP contribution in [0, 0.1) is 11.3 Å². The van der Waals surface area contributed by atoms with E-state index in [1.165, 1.54) is 51.4 Å². The molecule has 2 aliphatic carbocycles. The van der Waals surface area contributed by atoms with Crippen LogP contribution in [0.15, 0.2) is 0 Å². The minimum atomic E-state index is -0.643. The first-order valence-corrected chi connectivity index (χ1v) is 10.3. The van der Waals surface area contributed by atoms with Gasteiger partial charge in [-0.1, -0.05) is 46.5 Å². The molecule has 2 nitrogen and oxygen atoms in total. The molecule has 4 unspecified atom stereocenters. The summed E-state index contributed by atoms with van der Waals surface area (Å²) in [4.78, 5) is 0. The second kappa shape index (κ2) is 7.59. The van der Waals surface area contributed by atoms with E-state index in [0.29, 0.717) is 22.0 Å². The van der Waals surface area contributed by atoms with E-state index in [-0.39, 0.29) is 0 Å². The molecule has 0 aromatic rings. The lowest BCUT2D eigenvalue weighted by atomic mass is 9.68. The van der Waals surface area contributed by atoms with E-state index in [9.17, 15) is 4.21 Å². The summed E-state index contributed by atoms with van der Waals surface area (Å²) in [6.07, 6.45) is 11.2. The van der Waals surface area contributed by atoms with E-state index in [1.54, 1.807) is 0 Å². The predicted octanol–water partition coefficient (Wildman–Crippen LogP) is 4.26.